The van der Waals surface area contributed by atoms with Gasteiger partial charge in [-0.15, -0.1) is 0 Å². The van der Waals surface area contributed by atoms with Crippen LogP contribution in [-0.2, 0) is 14.3 Å². The molecule has 4 atom stereocenters. The number of carbonyl (C=O) groups is 2. The first kappa shape index (κ1) is 17.7. The number of hydrogen-bond acceptors (Lipinski definition) is 4. The first-order valence-corrected chi connectivity index (χ1v) is 9.36. The fourth-order valence-corrected chi connectivity index (χ4v) is 4.52. The van der Waals surface area contributed by atoms with Gasteiger partial charge in [-0.3, -0.25) is 4.79 Å². The SMILES string of the molecule is O=C([O-])C1[C@@H](c2ccccc2)C(C(=O)N2CCOCC2)[C@H]1c1ccccc1. The normalized spacial score (nSPS) is 27.6. The highest BCUT2D eigenvalue weighted by molar-refractivity contribution is 5.87. The molecule has 0 bridgehead atoms. The lowest BCUT2D eigenvalue weighted by Crippen LogP contribution is -2.58. The van der Waals surface area contributed by atoms with Crippen molar-refractivity contribution in [3.8, 4) is 0 Å². The van der Waals surface area contributed by atoms with E-state index in [9.17, 15) is 14.7 Å². The average Bonchev–Trinajstić information content (AvgIpc) is 2.69. The number of amides is 1. The number of benzene rings is 2. The monoisotopic (exact) mass is 364 g/mol. The van der Waals surface area contributed by atoms with E-state index in [0.29, 0.717) is 26.3 Å². The maximum atomic E-state index is 13.4. The molecule has 2 aromatic rings. The van der Waals surface area contributed by atoms with Crippen molar-refractivity contribution in [1.82, 2.24) is 4.90 Å². The van der Waals surface area contributed by atoms with Gasteiger partial charge in [-0.05, 0) is 11.1 Å². The van der Waals surface area contributed by atoms with Crippen LogP contribution in [0.4, 0.5) is 0 Å². The lowest BCUT2D eigenvalue weighted by molar-refractivity contribution is -0.317. The van der Waals surface area contributed by atoms with Crippen LogP contribution in [0, 0.1) is 11.8 Å². The molecule has 1 heterocycles. The van der Waals surface area contributed by atoms with E-state index >= 15 is 0 Å². The van der Waals surface area contributed by atoms with Gasteiger partial charge in [-0.2, -0.15) is 0 Å². The number of rotatable bonds is 4. The minimum atomic E-state index is -1.09. The fourth-order valence-electron chi connectivity index (χ4n) is 4.52. The summed E-state index contributed by atoms with van der Waals surface area (Å²) >= 11 is 0. The summed E-state index contributed by atoms with van der Waals surface area (Å²) in [5.41, 5.74) is 1.76. The average molecular weight is 364 g/mol. The summed E-state index contributed by atoms with van der Waals surface area (Å²) in [6, 6.07) is 18.9. The maximum absolute atomic E-state index is 13.4. The standard InChI is InChI=1S/C22H23NO4/c24-21(23-11-13-27-14-12-23)19-17(15-7-3-1-4-8-15)20(22(25)26)18(19)16-9-5-2-6-10-16/h1-10,17-20H,11-14H2,(H,25,26)/p-1/t17-,18+,19?,20?. The van der Waals surface area contributed by atoms with Crippen LogP contribution in [0.2, 0.25) is 0 Å². The molecule has 2 aliphatic rings. The number of aliphatic carboxylic acids is 1. The molecule has 0 N–H and O–H groups in total. The van der Waals surface area contributed by atoms with Crippen LogP contribution in [0.3, 0.4) is 0 Å². The smallest absolute Gasteiger partial charge is 0.227 e. The molecule has 5 nitrogen and oxygen atoms in total. The third-order valence-corrected chi connectivity index (χ3v) is 5.80. The summed E-state index contributed by atoms with van der Waals surface area (Å²) in [6.07, 6.45) is 0. The molecule has 1 saturated heterocycles. The highest BCUT2D eigenvalue weighted by atomic mass is 16.5. The van der Waals surface area contributed by atoms with Crippen LogP contribution in [0.5, 0.6) is 0 Å². The minimum Gasteiger partial charge on any atom is -0.550 e. The van der Waals surface area contributed by atoms with E-state index < -0.39 is 17.8 Å². The first-order valence-electron chi connectivity index (χ1n) is 9.36. The zero-order valence-electron chi connectivity index (χ0n) is 15.0. The molecule has 27 heavy (non-hydrogen) atoms. The van der Waals surface area contributed by atoms with Crippen LogP contribution in [0.25, 0.3) is 0 Å². The molecule has 1 aliphatic heterocycles. The van der Waals surface area contributed by atoms with E-state index in [1.165, 1.54) is 0 Å². The van der Waals surface area contributed by atoms with Crippen molar-refractivity contribution < 1.29 is 19.4 Å². The Morgan fingerprint density at radius 3 is 1.74 bits per heavy atom. The molecule has 0 spiro atoms. The lowest BCUT2D eigenvalue weighted by atomic mass is 9.52. The molecule has 2 unspecified atom stereocenters. The second kappa shape index (κ2) is 7.53. The van der Waals surface area contributed by atoms with Gasteiger partial charge in [-0.25, -0.2) is 0 Å². The molecule has 5 heteroatoms. The summed E-state index contributed by atoms with van der Waals surface area (Å²) in [6.45, 7) is 2.14. The van der Waals surface area contributed by atoms with E-state index in [2.05, 4.69) is 0 Å². The van der Waals surface area contributed by atoms with Crippen LogP contribution >= 0.6 is 0 Å². The summed E-state index contributed by atoms with van der Waals surface area (Å²) < 4.78 is 5.37. The van der Waals surface area contributed by atoms with Crippen molar-refractivity contribution in [2.24, 2.45) is 11.8 Å². The van der Waals surface area contributed by atoms with Gasteiger partial charge in [0.05, 0.1) is 19.1 Å². The van der Waals surface area contributed by atoms with Crippen LogP contribution in [0.1, 0.15) is 23.0 Å². The Hall–Kier alpha value is -2.66. The molecule has 0 aromatic heterocycles. The number of nitrogens with zero attached hydrogens (tertiary/aromatic N) is 1. The van der Waals surface area contributed by atoms with Gasteiger partial charge in [0, 0.05) is 36.8 Å². The number of hydrogen-bond donors (Lipinski definition) is 0. The number of carboxylic acids is 1. The fraction of sp³-hybridized carbons (Fsp3) is 0.364. The maximum Gasteiger partial charge on any atom is 0.227 e. The van der Waals surface area contributed by atoms with Gasteiger partial charge in [0.15, 0.2) is 0 Å². The Morgan fingerprint density at radius 1 is 0.815 bits per heavy atom. The summed E-state index contributed by atoms with van der Waals surface area (Å²) in [5, 5.41) is 12.0. The van der Waals surface area contributed by atoms with Gasteiger partial charge in [-0.1, -0.05) is 60.7 Å². The number of ether oxygens (including phenoxy) is 1. The zero-order chi connectivity index (χ0) is 18.8. The van der Waals surface area contributed by atoms with E-state index in [1.807, 2.05) is 65.6 Å². The molecule has 4 rings (SSSR count). The number of carboxylic acid groups (broad SMARTS) is 1. The Bertz CT molecular complexity index is 754. The molecule has 1 aliphatic carbocycles. The Balaban J connectivity index is 1.73. The van der Waals surface area contributed by atoms with Gasteiger partial charge in [0.2, 0.25) is 5.91 Å². The molecule has 140 valence electrons. The third kappa shape index (κ3) is 3.23. The van der Waals surface area contributed by atoms with Crippen LogP contribution in [-0.4, -0.2) is 43.1 Å². The molecular formula is C22H22NO4-. The highest BCUT2D eigenvalue weighted by Gasteiger charge is 2.56. The van der Waals surface area contributed by atoms with Crippen molar-refractivity contribution in [2.45, 2.75) is 11.8 Å². The van der Waals surface area contributed by atoms with Crippen molar-refractivity contribution in [3.63, 3.8) is 0 Å². The van der Waals surface area contributed by atoms with E-state index in [1.54, 1.807) is 0 Å². The van der Waals surface area contributed by atoms with E-state index in [-0.39, 0.29) is 17.7 Å². The van der Waals surface area contributed by atoms with E-state index in [0.717, 1.165) is 11.1 Å². The quantitative estimate of drug-likeness (QED) is 0.823. The summed E-state index contributed by atoms with van der Waals surface area (Å²) in [4.78, 5) is 27.2. The molecule has 1 saturated carbocycles. The minimum absolute atomic E-state index is 0.0125. The van der Waals surface area contributed by atoms with Crippen LogP contribution < -0.4 is 5.11 Å². The highest BCUT2D eigenvalue weighted by Crippen LogP contribution is 2.57. The Labute approximate surface area is 158 Å². The second-order valence-electron chi connectivity index (χ2n) is 7.18. The molecule has 2 aromatic carbocycles. The Morgan fingerprint density at radius 2 is 1.30 bits per heavy atom. The van der Waals surface area contributed by atoms with E-state index in [4.69, 9.17) is 4.74 Å². The van der Waals surface area contributed by atoms with Crippen molar-refractivity contribution in [3.05, 3.63) is 71.8 Å². The van der Waals surface area contributed by atoms with Gasteiger partial charge in [0.25, 0.3) is 0 Å². The van der Waals surface area contributed by atoms with Gasteiger partial charge < -0.3 is 19.5 Å². The topological polar surface area (TPSA) is 69.7 Å². The third-order valence-electron chi connectivity index (χ3n) is 5.80. The largest absolute Gasteiger partial charge is 0.550 e. The van der Waals surface area contributed by atoms with Crippen molar-refractivity contribution >= 4 is 11.9 Å². The second-order valence-corrected chi connectivity index (χ2v) is 7.18. The molecule has 1 amide bonds. The van der Waals surface area contributed by atoms with Gasteiger partial charge >= 0.3 is 0 Å². The predicted molar refractivity (Wildman–Crippen MR) is 97.8 cm³/mol. The van der Waals surface area contributed by atoms with Crippen molar-refractivity contribution in [1.29, 1.82) is 0 Å². The first-order chi connectivity index (χ1) is 13.2. The summed E-state index contributed by atoms with van der Waals surface area (Å²) in [7, 11) is 0. The van der Waals surface area contributed by atoms with Crippen molar-refractivity contribution in [2.75, 3.05) is 26.3 Å². The Kier molecular flexibility index (Phi) is 4.94. The predicted octanol–water partition coefficient (Wildman–Crippen LogP) is 1.41. The van der Waals surface area contributed by atoms with Crippen LogP contribution in [0.15, 0.2) is 60.7 Å². The number of carbonyl (C=O) groups excluding carboxylic acids is 2. The molecule has 2 fully saturated rings. The summed E-state index contributed by atoms with van der Waals surface area (Å²) in [5.74, 6) is -2.96. The molecular weight excluding hydrogens is 342 g/mol. The zero-order valence-corrected chi connectivity index (χ0v) is 15.0. The number of morpholine rings is 1. The lowest BCUT2D eigenvalue weighted by Gasteiger charge is -2.53. The van der Waals surface area contributed by atoms with Gasteiger partial charge in [0.1, 0.15) is 0 Å². The molecule has 0 radical (unpaired) electrons.